The zero-order valence-electron chi connectivity index (χ0n) is 16.7. The maximum absolute atomic E-state index is 12.5. The lowest BCUT2D eigenvalue weighted by atomic mass is 10.1. The van der Waals surface area contributed by atoms with E-state index in [0.29, 0.717) is 13.0 Å². The van der Waals surface area contributed by atoms with Gasteiger partial charge in [-0.25, -0.2) is 0 Å². The van der Waals surface area contributed by atoms with Crippen LogP contribution in [0.15, 0.2) is 24.3 Å². The van der Waals surface area contributed by atoms with Gasteiger partial charge in [-0.2, -0.15) is 0 Å². The van der Waals surface area contributed by atoms with E-state index in [-0.39, 0.29) is 11.8 Å². The van der Waals surface area contributed by atoms with Crippen LogP contribution in [0.3, 0.4) is 0 Å². The van der Waals surface area contributed by atoms with Crippen LogP contribution in [0.4, 0.5) is 11.4 Å². The van der Waals surface area contributed by atoms with Crippen LogP contribution in [-0.4, -0.2) is 74.5 Å². The topological polar surface area (TPSA) is 47.1 Å². The Morgan fingerprint density at radius 2 is 1.56 bits per heavy atom. The van der Waals surface area contributed by atoms with Crippen LogP contribution in [0.5, 0.6) is 0 Å². The summed E-state index contributed by atoms with van der Waals surface area (Å²) < 4.78 is 0. The predicted molar refractivity (Wildman–Crippen MR) is 109 cm³/mol. The maximum atomic E-state index is 12.5. The summed E-state index contributed by atoms with van der Waals surface area (Å²) >= 11 is 0. The van der Waals surface area contributed by atoms with Gasteiger partial charge in [0, 0.05) is 70.5 Å². The van der Waals surface area contributed by atoms with Gasteiger partial charge in [0.2, 0.25) is 11.8 Å². The van der Waals surface area contributed by atoms with Crippen molar-refractivity contribution in [2.24, 2.45) is 0 Å². The predicted octanol–water partition coefficient (Wildman–Crippen LogP) is 2.19. The molecule has 27 heavy (non-hydrogen) atoms. The number of carbonyl (C=O) groups excluding carboxylic acids is 2. The molecule has 0 radical (unpaired) electrons. The van der Waals surface area contributed by atoms with Crippen molar-refractivity contribution in [1.29, 1.82) is 0 Å². The SMILES string of the molecule is CC(=O)N(CCC(=O)N1CCN(C)CC1)c1ccc(N2CCCCC2)cc1. The second-order valence-electron chi connectivity index (χ2n) is 7.67. The minimum Gasteiger partial charge on any atom is -0.372 e. The lowest BCUT2D eigenvalue weighted by molar-refractivity contribution is -0.132. The summed E-state index contributed by atoms with van der Waals surface area (Å²) in [6.45, 7) is 7.60. The molecule has 0 N–H and O–H groups in total. The molecule has 0 spiro atoms. The molecule has 0 aliphatic carbocycles. The average Bonchev–Trinajstić information content (AvgIpc) is 2.69. The van der Waals surface area contributed by atoms with Gasteiger partial charge in [0.05, 0.1) is 0 Å². The van der Waals surface area contributed by atoms with Gasteiger partial charge >= 0.3 is 0 Å². The molecule has 0 bridgehead atoms. The summed E-state index contributed by atoms with van der Waals surface area (Å²) in [4.78, 5) is 32.9. The Labute approximate surface area is 162 Å². The summed E-state index contributed by atoms with van der Waals surface area (Å²) in [5.41, 5.74) is 2.09. The Hall–Kier alpha value is -2.08. The first kappa shape index (κ1) is 19.7. The number of carbonyl (C=O) groups is 2. The second kappa shape index (κ2) is 9.22. The van der Waals surface area contributed by atoms with Crippen molar-refractivity contribution in [2.45, 2.75) is 32.6 Å². The van der Waals surface area contributed by atoms with E-state index in [4.69, 9.17) is 0 Å². The molecule has 2 heterocycles. The number of nitrogens with zero attached hydrogens (tertiary/aromatic N) is 4. The standard InChI is InChI=1S/C21H32N4O2/c1-18(26)25(13-10-21(27)24-16-14-22(2)15-17-24)20-8-6-19(7-9-20)23-11-4-3-5-12-23/h6-9H,3-5,10-17H2,1-2H3. The van der Waals surface area contributed by atoms with Crippen molar-refractivity contribution < 1.29 is 9.59 Å². The molecular weight excluding hydrogens is 340 g/mol. The molecule has 0 atom stereocenters. The van der Waals surface area contributed by atoms with Gasteiger partial charge in [-0.15, -0.1) is 0 Å². The third-order valence-corrected chi connectivity index (χ3v) is 5.67. The van der Waals surface area contributed by atoms with Crippen molar-refractivity contribution >= 4 is 23.2 Å². The number of amides is 2. The van der Waals surface area contributed by atoms with Gasteiger partial charge in [0.15, 0.2) is 0 Å². The van der Waals surface area contributed by atoms with E-state index >= 15 is 0 Å². The van der Waals surface area contributed by atoms with Crippen LogP contribution in [0.1, 0.15) is 32.6 Å². The van der Waals surface area contributed by atoms with Crippen molar-refractivity contribution in [1.82, 2.24) is 9.80 Å². The van der Waals surface area contributed by atoms with Gasteiger partial charge in [-0.1, -0.05) is 0 Å². The lowest BCUT2D eigenvalue weighted by Crippen LogP contribution is -2.47. The molecule has 6 nitrogen and oxygen atoms in total. The molecular formula is C21H32N4O2. The molecule has 2 amide bonds. The third kappa shape index (κ3) is 5.22. The Kier molecular flexibility index (Phi) is 6.72. The highest BCUT2D eigenvalue weighted by Gasteiger charge is 2.21. The molecule has 0 saturated carbocycles. The van der Waals surface area contributed by atoms with E-state index < -0.39 is 0 Å². The van der Waals surface area contributed by atoms with E-state index in [1.54, 1.807) is 11.8 Å². The van der Waals surface area contributed by atoms with Crippen LogP contribution < -0.4 is 9.80 Å². The van der Waals surface area contributed by atoms with E-state index in [1.807, 2.05) is 17.0 Å². The van der Waals surface area contributed by atoms with Gasteiger partial charge in [0.25, 0.3) is 0 Å². The molecule has 0 unspecified atom stereocenters. The molecule has 1 aromatic carbocycles. The Morgan fingerprint density at radius 3 is 2.15 bits per heavy atom. The molecule has 2 aliphatic heterocycles. The molecule has 6 heteroatoms. The first-order valence-corrected chi connectivity index (χ1v) is 10.1. The van der Waals surface area contributed by atoms with E-state index in [2.05, 4.69) is 29.0 Å². The average molecular weight is 373 g/mol. The monoisotopic (exact) mass is 372 g/mol. The van der Waals surface area contributed by atoms with E-state index in [0.717, 1.165) is 45.0 Å². The van der Waals surface area contributed by atoms with Crippen molar-refractivity contribution in [2.75, 3.05) is 62.7 Å². The quantitative estimate of drug-likeness (QED) is 0.795. The smallest absolute Gasteiger partial charge is 0.224 e. The number of hydrogen-bond acceptors (Lipinski definition) is 4. The third-order valence-electron chi connectivity index (χ3n) is 5.67. The van der Waals surface area contributed by atoms with Crippen LogP contribution in [0.25, 0.3) is 0 Å². The minimum atomic E-state index is -0.0214. The van der Waals surface area contributed by atoms with E-state index in [1.165, 1.54) is 24.9 Å². The summed E-state index contributed by atoms with van der Waals surface area (Å²) in [7, 11) is 2.08. The van der Waals surface area contributed by atoms with Gasteiger partial charge in [0.1, 0.15) is 0 Å². The molecule has 148 valence electrons. The number of benzene rings is 1. The largest absolute Gasteiger partial charge is 0.372 e. The molecule has 2 saturated heterocycles. The number of rotatable bonds is 5. The Morgan fingerprint density at radius 1 is 0.926 bits per heavy atom. The number of hydrogen-bond donors (Lipinski definition) is 0. The summed E-state index contributed by atoms with van der Waals surface area (Å²) in [5.74, 6) is 0.117. The summed E-state index contributed by atoms with van der Waals surface area (Å²) in [6.07, 6.45) is 4.18. The fourth-order valence-corrected chi connectivity index (χ4v) is 3.89. The fourth-order valence-electron chi connectivity index (χ4n) is 3.89. The molecule has 1 aromatic rings. The molecule has 2 fully saturated rings. The van der Waals surface area contributed by atoms with Gasteiger partial charge in [-0.3, -0.25) is 9.59 Å². The number of likely N-dealkylation sites (N-methyl/N-ethyl adjacent to an activating group) is 1. The Bertz CT molecular complexity index is 632. The normalized spacial score (nSPS) is 18.4. The lowest BCUT2D eigenvalue weighted by Gasteiger charge is -2.33. The highest BCUT2D eigenvalue weighted by molar-refractivity contribution is 5.92. The van der Waals surface area contributed by atoms with Crippen LogP contribution >= 0.6 is 0 Å². The van der Waals surface area contributed by atoms with Gasteiger partial charge in [-0.05, 0) is 50.6 Å². The van der Waals surface area contributed by atoms with Crippen LogP contribution in [-0.2, 0) is 9.59 Å². The maximum Gasteiger partial charge on any atom is 0.224 e. The zero-order chi connectivity index (χ0) is 19.2. The first-order chi connectivity index (χ1) is 13.0. The van der Waals surface area contributed by atoms with Crippen molar-refractivity contribution in [3.63, 3.8) is 0 Å². The molecule has 2 aliphatic rings. The molecule has 3 rings (SSSR count). The van der Waals surface area contributed by atoms with Gasteiger partial charge < -0.3 is 19.6 Å². The van der Waals surface area contributed by atoms with E-state index in [9.17, 15) is 9.59 Å². The summed E-state index contributed by atoms with van der Waals surface area (Å²) in [6, 6.07) is 8.20. The first-order valence-electron chi connectivity index (χ1n) is 10.1. The van der Waals surface area contributed by atoms with Crippen molar-refractivity contribution in [3.8, 4) is 0 Å². The zero-order valence-corrected chi connectivity index (χ0v) is 16.7. The number of anilines is 2. The highest BCUT2D eigenvalue weighted by Crippen LogP contribution is 2.24. The minimum absolute atomic E-state index is 0.0214. The summed E-state index contributed by atoms with van der Waals surface area (Å²) in [5, 5.41) is 0. The number of piperazine rings is 1. The van der Waals surface area contributed by atoms with Crippen LogP contribution in [0, 0.1) is 0 Å². The number of piperidine rings is 1. The van der Waals surface area contributed by atoms with Crippen molar-refractivity contribution in [3.05, 3.63) is 24.3 Å². The fraction of sp³-hybridized carbons (Fsp3) is 0.619. The highest BCUT2D eigenvalue weighted by atomic mass is 16.2. The van der Waals surface area contributed by atoms with Crippen LogP contribution in [0.2, 0.25) is 0 Å². The Balaban J connectivity index is 1.58. The molecule has 0 aromatic heterocycles. The second-order valence-corrected chi connectivity index (χ2v) is 7.67.